The van der Waals surface area contributed by atoms with Crippen molar-refractivity contribution < 1.29 is 5.11 Å². The SMILES string of the molecule is Cc1cccc2c(O)c(C=Nc3ccc(Br)cc3)c(=O)[nH]c12. The van der Waals surface area contributed by atoms with Gasteiger partial charge in [-0.3, -0.25) is 9.79 Å². The molecule has 3 rings (SSSR count). The van der Waals surface area contributed by atoms with E-state index in [4.69, 9.17) is 0 Å². The summed E-state index contributed by atoms with van der Waals surface area (Å²) in [6, 6.07) is 12.8. The van der Waals surface area contributed by atoms with Crippen molar-refractivity contribution in [2.45, 2.75) is 6.92 Å². The highest BCUT2D eigenvalue weighted by molar-refractivity contribution is 9.10. The lowest BCUT2D eigenvalue weighted by atomic mass is 10.1. The van der Waals surface area contributed by atoms with Crippen molar-refractivity contribution in [1.29, 1.82) is 0 Å². The molecule has 2 aromatic carbocycles. The molecule has 0 fully saturated rings. The Morgan fingerprint density at radius 2 is 1.91 bits per heavy atom. The third-order valence-corrected chi connectivity index (χ3v) is 3.96. The first kappa shape index (κ1) is 14.5. The van der Waals surface area contributed by atoms with Crippen molar-refractivity contribution in [3.05, 3.63) is 68.4 Å². The van der Waals surface area contributed by atoms with E-state index >= 15 is 0 Å². The van der Waals surface area contributed by atoms with Crippen LogP contribution in [0.2, 0.25) is 0 Å². The first-order chi connectivity index (χ1) is 10.6. The normalized spacial score (nSPS) is 11.4. The molecular weight excluding hydrogens is 344 g/mol. The molecule has 110 valence electrons. The minimum atomic E-state index is -0.361. The van der Waals surface area contributed by atoms with E-state index in [1.807, 2.05) is 43.3 Å². The van der Waals surface area contributed by atoms with Crippen LogP contribution in [0.3, 0.4) is 0 Å². The maximum Gasteiger partial charge on any atom is 0.261 e. The van der Waals surface area contributed by atoms with Gasteiger partial charge in [0.05, 0.1) is 11.2 Å². The number of aromatic nitrogens is 1. The topological polar surface area (TPSA) is 65.5 Å². The predicted octanol–water partition coefficient (Wildman–Crippen LogP) is 4.06. The second kappa shape index (κ2) is 5.77. The molecule has 0 radical (unpaired) electrons. The quantitative estimate of drug-likeness (QED) is 0.680. The summed E-state index contributed by atoms with van der Waals surface area (Å²) in [4.78, 5) is 19.2. The Morgan fingerprint density at radius 1 is 1.18 bits per heavy atom. The fourth-order valence-corrected chi connectivity index (χ4v) is 2.51. The van der Waals surface area contributed by atoms with Gasteiger partial charge in [0, 0.05) is 16.1 Å². The van der Waals surface area contributed by atoms with E-state index in [0.29, 0.717) is 16.6 Å². The van der Waals surface area contributed by atoms with Crippen LogP contribution < -0.4 is 5.56 Å². The standard InChI is InChI=1S/C17H13BrN2O2/c1-10-3-2-4-13-15(10)20-17(22)14(16(13)21)9-19-12-7-5-11(18)6-8-12/h2-9H,1H3,(H2,20,21,22). The van der Waals surface area contributed by atoms with Crippen LogP contribution in [0.4, 0.5) is 5.69 Å². The average Bonchev–Trinajstić information content (AvgIpc) is 2.50. The molecule has 0 aliphatic rings. The molecule has 5 heteroatoms. The maximum absolute atomic E-state index is 12.2. The van der Waals surface area contributed by atoms with Crippen LogP contribution in [-0.2, 0) is 0 Å². The highest BCUT2D eigenvalue weighted by Gasteiger charge is 2.11. The minimum absolute atomic E-state index is 0.0525. The number of benzene rings is 2. The second-order valence-corrected chi connectivity index (χ2v) is 5.86. The molecule has 0 spiro atoms. The minimum Gasteiger partial charge on any atom is -0.506 e. The molecule has 0 aliphatic heterocycles. The first-order valence-electron chi connectivity index (χ1n) is 6.70. The van der Waals surface area contributed by atoms with Gasteiger partial charge in [-0.25, -0.2) is 0 Å². The van der Waals surface area contributed by atoms with Crippen LogP contribution in [0.25, 0.3) is 10.9 Å². The zero-order valence-corrected chi connectivity index (χ0v) is 13.4. The third-order valence-electron chi connectivity index (χ3n) is 3.44. The molecule has 1 heterocycles. The van der Waals surface area contributed by atoms with E-state index in [-0.39, 0.29) is 16.9 Å². The van der Waals surface area contributed by atoms with Crippen molar-refractivity contribution in [2.75, 3.05) is 0 Å². The van der Waals surface area contributed by atoms with Crippen molar-refractivity contribution >= 4 is 38.7 Å². The molecular formula is C17H13BrN2O2. The van der Waals surface area contributed by atoms with Crippen LogP contribution in [-0.4, -0.2) is 16.3 Å². The Labute approximate surface area is 135 Å². The van der Waals surface area contributed by atoms with Crippen LogP contribution in [0.15, 0.2) is 56.7 Å². The maximum atomic E-state index is 12.2. The molecule has 0 saturated carbocycles. The molecule has 0 saturated heterocycles. The number of fused-ring (bicyclic) bond motifs is 1. The van der Waals surface area contributed by atoms with Gasteiger partial charge in [0.1, 0.15) is 11.3 Å². The lowest BCUT2D eigenvalue weighted by Gasteiger charge is -2.06. The van der Waals surface area contributed by atoms with Gasteiger partial charge in [-0.05, 0) is 42.8 Å². The fraction of sp³-hybridized carbons (Fsp3) is 0.0588. The lowest BCUT2D eigenvalue weighted by molar-refractivity contribution is 0.479. The van der Waals surface area contributed by atoms with Gasteiger partial charge in [0.25, 0.3) is 5.56 Å². The van der Waals surface area contributed by atoms with E-state index < -0.39 is 0 Å². The number of hydrogen-bond donors (Lipinski definition) is 2. The smallest absolute Gasteiger partial charge is 0.261 e. The summed E-state index contributed by atoms with van der Waals surface area (Å²) >= 11 is 3.35. The molecule has 22 heavy (non-hydrogen) atoms. The number of nitrogens with zero attached hydrogens (tertiary/aromatic N) is 1. The van der Waals surface area contributed by atoms with Gasteiger partial charge in [-0.1, -0.05) is 28.1 Å². The molecule has 4 nitrogen and oxygen atoms in total. The molecule has 0 aliphatic carbocycles. The lowest BCUT2D eigenvalue weighted by Crippen LogP contribution is -2.12. The summed E-state index contributed by atoms with van der Waals surface area (Å²) < 4.78 is 0.952. The number of halogens is 1. The van der Waals surface area contributed by atoms with Gasteiger partial charge >= 0.3 is 0 Å². The van der Waals surface area contributed by atoms with E-state index in [1.165, 1.54) is 6.21 Å². The van der Waals surface area contributed by atoms with Crippen molar-refractivity contribution in [2.24, 2.45) is 4.99 Å². The van der Waals surface area contributed by atoms with E-state index in [0.717, 1.165) is 10.0 Å². The monoisotopic (exact) mass is 356 g/mol. The largest absolute Gasteiger partial charge is 0.506 e. The van der Waals surface area contributed by atoms with Crippen LogP contribution in [0, 0.1) is 6.92 Å². The first-order valence-corrected chi connectivity index (χ1v) is 7.50. The van der Waals surface area contributed by atoms with E-state index in [2.05, 4.69) is 25.9 Å². The number of aliphatic imine (C=N–C) groups is 1. The molecule has 2 N–H and O–H groups in total. The molecule has 0 amide bonds. The molecule has 0 unspecified atom stereocenters. The van der Waals surface area contributed by atoms with E-state index in [9.17, 15) is 9.90 Å². The number of aryl methyl sites for hydroxylation is 1. The number of pyridine rings is 1. The number of H-pyrrole nitrogens is 1. The summed E-state index contributed by atoms with van der Waals surface area (Å²) in [6.07, 6.45) is 1.39. The molecule has 0 bridgehead atoms. The Kier molecular flexibility index (Phi) is 3.81. The Balaban J connectivity index is 2.11. The van der Waals surface area contributed by atoms with Gasteiger partial charge < -0.3 is 10.1 Å². The highest BCUT2D eigenvalue weighted by atomic mass is 79.9. The van der Waals surface area contributed by atoms with Crippen molar-refractivity contribution in [3.63, 3.8) is 0 Å². The van der Waals surface area contributed by atoms with Crippen LogP contribution >= 0.6 is 15.9 Å². The summed E-state index contributed by atoms with van der Waals surface area (Å²) in [5.74, 6) is -0.0525. The number of aromatic hydroxyl groups is 1. The number of hydrogen-bond acceptors (Lipinski definition) is 3. The third kappa shape index (κ3) is 2.67. The number of rotatable bonds is 2. The highest BCUT2D eigenvalue weighted by Crippen LogP contribution is 2.26. The molecule has 0 atom stereocenters. The number of para-hydroxylation sites is 1. The number of nitrogens with one attached hydrogen (secondary N) is 1. The Hall–Kier alpha value is -2.40. The van der Waals surface area contributed by atoms with Gasteiger partial charge in [-0.15, -0.1) is 0 Å². The zero-order valence-electron chi connectivity index (χ0n) is 11.8. The summed E-state index contributed by atoms with van der Waals surface area (Å²) in [5, 5.41) is 11.0. The predicted molar refractivity (Wildman–Crippen MR) is 92.4 cm³/mol. The summed E-state index contributed by atoms with van der Waals surface area (Å²) in [7, 11) is 0. The van der Waals surface area contributed by atoms with Crippen LogP contribution in [0.1, 0.15) is 11.1 Å². The number of aromatic amines is 1. The molecule has 3 aromatic rings. The summed E-state index contributed by atoms with van der Waals surface area (Å²) in [5.41, 5.74) is 2.04. The van der Waals surface area contributed by atoms with Gasteiger partial charge in [0.2, 0.25) is 0 Å². The fourth-order valence-electron chi connectivity index (χ4n) is 2.25. The second-order valence-electron chi connectivity index (χ2n) is 4.95. The molecule has 1 aromatic heterocycles. The van der Waals surface area contributed by atoms with Crippen LogP contribution in [0.5, 0.6) is 5.75 Å². The van der Waals surface area contributed by atoms with Gasteiger partial charge in [-0.2, -0.15) is 0 Å². The zero-order chi connectivity index (χ0) is 15.7. The average molecular weight is 357 g/mol. The van der Waals surface area contributed by atoms with Crippen molar-refractivity contribution in [1.82, 2.24) is 4.98 Å². The Morgan fingerprint density at radius 3 is 2.64 bits per heavy atom. The Bertz CT molecular complexity index is 928. The summed E-state index contributed by atoms with van der Waals surface area (Å²) in [6.45, 7) is 1.88. The van der Waals surface area contributed by atoms with Gasteiger partial charge in [0.15, 0.2) is 0 Å². The van der Waals surface area contributed by atoms with E-state index in [1.54, 1.807) is 6.07 Å². The van der Waals surface area contributed by atoms with Crippen molar-refractivity contribution in [3.8, 4) is 5.75 Å².